The molecule has 1 aromatic carbocycles. The van der Waals surface area contributed by atoms with Crippen LogP contribution >= 0.6 is 0 Å². The van der Waals surface area contributed by atoms with Gasteiger partial charge in [0, 0.05) is 18.3 Å². The van der Waals surface area contributed by atoms with Gasteiger partial charge in [-0.2, -0.15) is 0 Å². The number of ether oxygens (including phenoxy) is 1. The van der Waals surface area contributed by atoms with E-state index in [-0.39, 0.29) is 5.91 Å². The zero-order valence-corrected chi connectivity index (χ0v) is 15.9. The number of carbonyl (C=O) groups is 2. The quantitative estimate of drug-likeness (QED) is 0.887. The van der Waals surface area contributed by atoms with Crippen molar-refractivity contribution in [2.24, 2.45) is 0 Å². The van der Waals surface area contributed by atoms with E-state index < -0.39 is 17.7 Å². The molecule has 1 aromatic heterocycles. The van der Waals surface area contributed by atoms with Gasteiger partial charge in [-0.1, -0.05) is 30.3 Å². The molecule has 0 bridgehead atoms. The van der Waals surface area contributed by atoms with Gasteiger partial charge in [0.15, 0.2) is 0 Å². The SMILES string of the molecule is CC(C)(C)OC(=O)N1CCC[C@@H]1C(=O)Nc1ccc(-c2ccccc2)cn1. The summed E-state index contributed by atoms with van der Waals surface area (Å²) >= 11 is 0. The van der Waals surface area contributed by atoms with Gasteiger partial charge in [-0.05, 0) is 51.3 Å². The molecule has 1 N–H and O–H groups in total. The summed E-state index contributed by atoms with van der Waals surface area (Å²) < 4.78 is 5.41. The van der Waals surface area contributed by atoms with Crippen molar-refractivity contribution in [2.75, 3.05) is 11.9 Å². The Balaban J connectivity index is 1.65. The lowest BCUT2D eigenvalue weighted by atomic mass is 10.1. The first-order chi connectivity index (χ1) is 12.8. The zero-order valence-electron chi connectivity index (χ0n) is 15.9. The number of benzene rings is 1. The first-order valence-corrected chi connectivity index (χ1v) is 9.15. The number of nitrogens with one attached hydrogen (secondary N) is 1. The molecule has 0 aliphatic carbocycles. The van der Waals surface area contributed by atoms with Gasteiger partial charge >= 0.3 is 6.09 Å². The number of rotatable bonds is 3. The van der Waals surface area contributed by atoms with Crippen molar-refractivity contribution >= 4 is 17.8 Å². The van der Waals surface area contributed by atoms with Gasteiger partial charge < -0.3 is 10.1 Å². The number of hydrogen-bond donors (Lipinski definition) is 1. The summed E-state index contributed by atoms with van der Waals surface area (Å²) in [6.07, 6.45) is 2.67. The molecule has 1 saturated heterocycles. The molecule has 0 saturated carbocycles. The molecule has 142 valence electrons. The van der Waals surface area contributed by atoms with Crippen LogP contribution in [0.5, 0.6) is 0 Å². The maximum atomic E-state index is 12.6. The first-order valence-electron chi connectivity index (χ1n) is 9.15. The second kappa shape index (κ2) is 7.78. The molecule has 1 aliphatic rings. The van der Waals surface area contributed by atoms with Gasteiger partial charge in [0.25, 0.3) is 0 Å². The smallest absolute Gasteiger partial charge is 0.410 e. The van der Waals surface area contributed by atoms with Gasteiger partial charge in [-0.25, -0.2) is 9.78 Å². The molecule has 0 spiro atoms. The Hall–Kier alpha value is -2.89. The largest absolute Gasteiger partial charge is 0.444 e. The Morgan fingerprint density at radius 1 is 1.11 bits per heavy atom. The zero-order chi connectivity index (χ0) is 19.4. The molecule has 0 radical (unpaired) electrons. The third kappa shape index (κ3) is 4.84. The maximum absolute atomic E-state index is 12.6. The van der Waals surface area contributed by atoms with E-state index in [4.69, 9.17) is 4.74 Å². The van der Waals surface area contributed by atoms with Gasteiger partial charge in [0.05, 0.1) is 0 Å². The Morgan fingerprint density at radius 3 is 2.48 bits per heavy atom. The normalized spacial score (nSPS) is 16.9. The fourth-order valence-electron chi connectivity index (χ4n) is 3.06. The summed E-state index contributed by atoms with van der Waals surface area (Å²) in [5.74, 6) is 0.231. The summed E-state index contributed by atoms with van der Waals surface area (Å²) in [4.78, 5) is 30.8. The molecule has 3 rings (SSSR count). The van der Waals surface area contributed by atoms with Gasteiger partial charge in [0.1, 0.15) is 17.5 Å². The van der Waals surface area contributed by atoms with Crippen molar-refractivity contribution in [2.45, 2.75) is 45.3 Å². The fraction of sp³-hybridized carbons (Fsp3) is 0.381. The van der Waals surface area contributed by atoms with Crippen LogP contribution in [0.15, 0.2) is 48.7 Å². The third-order valence-corrected chi connectivity index (χ3v) is 4.31. The molecule has 2 amide bonds. The van der Waals surface area contributed by atoms with Crippen molar-refractivity contribution in [3.63, 3.8) is 0 Å². The second-order valence-electron chi connectivity index (χ2n) is 7.62. The van der Waals surface area contributed by atoms with Crippen molar-refractivity contribution in [1.29, 1.82) is 0 Å². The number of anilines is 1. The second-order valence-corrected chi connectivity index (χ2v) is 7.62. The van der Waals surface area contributed by atoms with Crippen LogP contribution in [0.4, 0.5) is 10.6 Å². The summed E-state index contributed by atoms with van der Waals surface area (Å²) in [6.45, 7) is 5.96. The number of amides is 2. The summed E-state index contributed by atoms with van der Waals surface area (Å²) in [5, 5.41) is 2.81. The van der Waals surface area contributed by atoms with E-state index in [0.29, 0.717) is 18.8 Å². The standard InChI is InChI=1S/C21H25N3O3/c1-21(2,3)27-20(26)24-13-7-10-17(24)19(25)23-18-12-11-16(14-22-18)15-8-5-4-6-9-15/h4-6,8-9,11-12,14,17H,7,10,13H2,1-3H3,(H,22,23,25)/t17-/m1/s1. The highest BCUT2D eigenvalue weighted by atomic mass is 16.6. The van der Waals surface area contributed by atoms with E-state index in [9.17, 15) is 9.59 Å². The van der Waals surface area contributed by atoms with Crippen LogP contribution in [-0.4, -0.2) is 40.1 Å². The third-order valence-electron chi connectivity index (χ3n) is 4.31. The van der Waals surface area contributed by atoms with Crippen LogP contribution in [0.25, 0.3) is 11.1 Å². The van der Waals surface area contributed by atoms with E-state index in [1.807, 2.05) is 57.2 Å². The minimum Gasteiger partial charge on any atom is -0.444 e. The number of hydrogen-bond acceptors (Lipinski definition) is 4. The summed E-state index contributed by atoms with van der Waals surface area (Å²) in [6, 6.07) is 13.1. The molecular formula is C21H25N3O3. The van der Waals surface area contributed by atoms with Gasteiger partial charge in [-0.3, -0.25) is 9.69 Å². The monoisotopic (exact) mass is 367 g/mol. The van der Waals surface area contributed by atoms with Crippen LogP contribution in [0.1, 0.15) is 33.6 Å². The highest BCUT2D eigenvalue weighted by molar-refractivity contribution is 5.96. The van der Waals surface area contributed by atoms with E-state index in [2.05, 4.69) is 10.3 Å². The predicted molar refractivity (Wildman–Crippen MR) is 104 cm³/mol. The van der Waals surface area contributed by atoms with E-state index in [1.54, 1.807) is 12.3 Å². The minimum atomic E-state index is -0.588. The Kier molecular flexibility index (Phi) is 5.44. The highest BCUT2D eigenvalue weighted by Gasteiger charge is 2.36. The number of aromatic nitrogens is 1. The molecule has 1 fully saturated rings. The summed E-state index contributed by atoms with van der Waals surface area (Å²) in [5.41, 5.74) is 1.45. The number of pyridine rings is 1. The fourth-order valence-corrected chi connectivity index (χ4v) is 3.06. The van der Waals surface area contributed by atoms with E-state index >= 15 is 0 Å². The number of nitrogens with zero attached hydrogens (tertiary/aromatic N) is 2. The number of carbonyl (C=O) groups excluding carboxylic acids is 2. The molecule has 0 unspecified atom stereocenters. The van der Waals surface area contributed by atoms with Crippen LogP contribution in [0.3, 0.4) is 0 Å². The minimum absolute atomic E-state index is 0.238. The predicted octanol–water partition coefficient (Wildman–Crippen LogP) is 4.09. The molecule has 1 atom stereocenters. The van der Waals surface area contributed by atoms with Crippen molar-refractivity contribution < 1.29 is 14.3 Å². The molecule has 1 aliphatic heterocycles. The average Bonchev–Trinajstić information content (AvgIpc) is 3.12. The van der Waals surface area contributed by atoms with E-state index in [1.165, 1.54) is 4.90 Å². The van der Waals surface area contributed by atoms with Crippen molar-refractivity contribution in [1.82, 2.24) is 9.88 Å². The summed E-state index contributed by atoms with van der Waals surface area (Å²) in [7, 11) is 0. The van der Waals surface area contributed by atoms with Crippen LogP contribution in [0.2, 0.25) is 0 Å². The molecule has 27 heavy (non-hydrogen) atoms. The van der Waals surface area contributed by atoms with Crippen LogP contribution in [-0.2, 0) is 9.53 Å². The first kappa shape index (κ1) is 18.9. The molecular weight excluding hydrogens is 342 g/mol. The van der Waals surface area contributed by atoms with Gasteiger partial charge in [-0.15, -0.1) is 0 Å². The van der Waals surface area contributed by atoms with E-state index in [0.717, 1.165) is 17.5 Å². The maximum Gasteiger partial charge on any atom is 0.410 e. The highest BCUT2D eigenvalue weighted by Crippen LogP contribution is 2.23. The van der Waals surface area contributed by atoms with Gasteiger partial charge in [0.2, 0.25) is 5.91 Å². The Morgan fingerprint density at radius 2 is 1.85 bits per heavy atom. The lowest BCUT2D eigenvalue weighted by Crippen LogP contribution is -2.45. The van der Waals surface area contributed by atoms with Crippen molar-refractivity contribution in [3.05, 3.63) is 48.7 Å². The van der Waals surface area contributed by atoms with Crippen LogP contribution in [0, 0.1) is 0 Å². The molecule has 2 heterocycles. The lowest BCUT2D eigenvalue weighted by Gasteiger charge is -2.27. The Labute approximate surface area is 159 Å². The molecule has 6 nitrogen and oxygen atoms in total. The topological polar surface area (TPSA) is 71.5 Å². The molecule has 6 heteroatoms. The average molecular weight is 367 g/mol. The molecule has 2 aromatic rings. The number of likely N-dealkylation sites (tertiary alicyclic amines) is 1. The van der Waals surface area contributed by atoms with Crippen LogP contribution < -0.4 is 5.32 Å². The lowest BCUT2D eigenvalue weighted by molar-refractivity contribution is -0.120. The van der Waals surface area contributed by atoms with Crippen molar-refractivity contribution in [3.8, 4) is 11.1 Å². The Bertz CT molecular complexity index is 798.